The summed E-state index contributed by atoms with van der Waals surface area (Å²) >= 11 is 0. The fourth-order valence-corrected chi connectivity index (χ4v) is 3.56. The molecule has 0 aliphatic carbocycles. The van der Waals surface area contributed by atoms with Crippen LogP contribution in [-0.4, -0.2) is 22.6 Å². The normalized spacial score (nSPS) is 10.8. The zero-order valence-electron chi connectivity index (χ0n) is 17.8. The first-order valence-corrected chi connectivity index (χ1v) is 10.2. The molecule has 0 saturated heterocycles. The smallest absolute Gasteiger partial charge is 0.265 e. The fourth-order valence-electron chi connectivity index (χ4n) is 3.56. The molecular formula is C25H22FN3O3. The predicted octanol–water partition coefficient (Wildman–Crippen LogP) is 4.41. The molecule has 7 heteroatoms. The summed E-state index contributed by atoms with van der Waals surface area (Å²) in [7, 11) is 1.59. The number of para-hydroxylation sites is 1. The Labute approximate surface area is 184 Å². The fraction of sp³-hybridized carbons (Fsp3) is 0.160. The second-order valence-corrected chi connectivity index (χ2v) is 7.38. The third-order valence-corrected chi connectivity index (χ3v) is 5.23. The van der Waals surface area contributed by atoms with Crippen molar-refractivity contribution in [2.45, 2.75) is 19.8 Å². The number of carbonyl (C=O) groups excluding carboxylic acids is 1. The van der Waals surface area contributed by atoms with E-state index in [2.05, 4.69) is 10.3 Å². The molecule has 0 spiro atoms. The highest BCUT2D eigenvalue weighted by atomic mass is 19.1. The minimum Gasteiger partial charge on any atom is -0.497 e. The number of halogens is 1. The third kappa shape index (κ3) is 4.37. The van der Waals surface area contributed by atoms with Crippen LogP contribution < -0.4 is 15.6 Å². The molecule has 32 heavy (non-hydrogen) atoms. The van der Waals surface area contributed by atoms with E-state index in [9.17, 15) is 14.0 Å². The lowest BCUT2D eigenvalue weighted by Gasteiger charge is -2.13. The van der Waals surface area contributed by atoms with Crippen LogP contribution in [0.5, 0.6) is 5.75 Å². The number of hydrogen-bond donors (Lipinski definition) is 1. The molecule has 1 amide bonds. The Bertz CT molecular complexity index is 1350. The van der Waals surface area contributed by atoms with Crippen LogP contribution in [0, 0.1) is 12.7 Å². The van der Waals surface area contributed by atoms with E-state index in [0.29, 0.717) is 28.8 Å². The summed E-state index contributed by atoms with van der Waals surface area (Å²) in [5.41, 5.74) is 1.76. The lowest BCUT2D eigenvalue weighted by molar-refractivity contribution is -0.116. The Balaban J connectivity index is 1.56. The molecule has 6 nitrogen and oxygen atoms in total. The lowest BCUT2D eigenvalue weighted by Crippen LogP contribution is -2.22. The first-order chi connectivity index (χ1) is 15.5. The molecule has 0 aliphatic heterocycles. The van der Waals surface area contributed by atoms with Gasteiger partial charge in [-0.25, -0.2) is 9.37 Å². The van der Waals surface area contributed by atoms with Crippen molar-refractivity contribution in [3.05, 3.63) is 94.3 Å². The number of hydrogen-bond acceptors (Lipinski definition) is 4. The average Bonchev–Trinajstić information content (AvgIpc) is 2.80. The molecule has 0 unspecified atom stereocenters. The molecule has 0 fully saturated rings. The molecule has 1 N–H and O–H groups in total. The summed E-state index contributed by atoms with van der Waals surface area (Å²) in [6, 6.07) is 18.7. The van der Waals surface area contributed by atoms with Crippen LogP contribution in [0.1, 0.15) is 17.8 Å². The lowest BCUT2D eigenvalue weighted by atomic mass is 10.1. The van der Waals surface area contributed by atoms with Gasteiger partial charge in [-0.05, 0) is 61.4 Å². The van der Waals surface area contributed by atoms with Gasteiger partial charge in [-0.1, -0.05) is 24.3 Å². The van der Waals surface area contributed by atoms with E-state index in [1.807, 2.05) is 30.3 Å². The molecule has 0 saturated carbocycles. The second kappa shape index (κ2) is 9.01. The number of aryl methyl sites for hydroxylation is 2. The zero-order valence-corrected chi connectivity index (χ0v) is 17.8. The first kappa shape index (κ1) is 21.2. The molecule has 162 valence electrons. The summed E-state index contributed by atoms with van der Waals surface area (Å²) < 4.78 is 21.0. The van der Waals surface area contributed by atoms with E-state index in [0.717, 1.165) is 11.3 Å². The number of nitrogens with one attached hydrogen (secondary N) is 1. The molecule has 1 heterocycles. The van der Waals surface area contributed by atoms with Crippen molar-refractivity contribution in [2.24, 2.45) is 0 Å². The number of benzene rings is 3. The largest absolute Gasteiger partial charge is 0.497 e. The van der Waals surface area contributed by atoms with Gasteiger partial charge in [0, 0.05) is 6.42 Å². The van der Waals surface area contributed by atoms with Crippen molar-refractivity contribution in [1.82, 2.24) is 9.55 Å². The van der Waals surface area contributed by atoms with Gasteiger partial charge >= 0.3 is 0 Å². The number of fused-ring (bicyclic) bond motifs is 1. The summed E-state index contributed by atoms with van der Waals surface area (Å²) in [5, 5.41) is 3.08. The van der Waals surface area contributed by atoms with Gasteiger partial charge in [-0.2, -0.15) is 0 Å². The molecule has 1 aromatic heterocycles. The summed E-state index contributed by atoms with van der Waals surface area (Å²) in [6.07, 6.45) is 0.691. The average molecular weight is 431 g/mol. The molecule has 4 aromatic rings. The van der Waals surface area contributed by atoms with Crippen LogP contribution >= 0.6 is 0 Å². The SMILES string of the molecule is COc1ccc(CCC(=O)Nc2cc(-n3c(C)nc4ccccc4c3=O)ccc2F)cc1. The van der Waals surface area contributed by atoms with Gasteiger partial charge in [0.05, 0.1) is 29.4 Å². The maximum Gasteiger partial charge on any atom is 0.265 e. The van der Waals surface area contributed by atoms with Crippen molar-refractivity contribution in [3.63, 3.8) is 0 Å². The highest BCUT2D eigenvalue weighted by molar-refractivity contribution is 5.91. The minimum atomic E-state index is -0.578. The zero-order chi connectivity index (χ0) is 22.7. The number of carbonyl (C=O) groups is 1. The van der Waals surface area contributed by atoms with E-state index in [4.69, 9.17) is 4.74 Å². The predicted molar refractivity (Wildman–Crippen MR) is 122 cm³/mol. The summed E-state index contributed by atoms with van der Waals surface area (Å²) in [4.78, 5) is 29.9. The Morgan fingerprint density at radius 3 is 2.59 bits per heavy atom. The monoisotopic (exact) mass is 431 g/mol. The number of anilines is 1. The molecule has 0 radical (unpaired) electrons. The Kier molecular flexibility index (Phi) is 5.98. The van der Waals surface area contributed by atoms with Gasteiger partial charge < -0.3 is 10.1 Å². The van der Waals surface area contributed by atoms with Crippen molar-refractivity contribution < 1.29 is 13.9 Å². The third-order valence-electron chi connectivity index (χ3n) is 5.23. The Morgan fingerprint density at radius 1 is 1.09 bits per heavy atom. The number of amides is 1. The van der Waals surface area contributed by atoms with Gasteiger partial charge in [-0.3, -0.25) is 14.2 Å². The van der Waals surface area contributed by atoms with Crippen molar-refractivity contribution in [2.75, 3.05) is 12.4 Å². The van der Waals surface area contributed by atoms with Gasteiger partial charge in [0.25, 0.3) is 5.56 Å². The number of nitrogens with zero attached hydrogens (tertiary/aromatic N) is 2. The van der Waals surface area contributed by atoms with Gasteiger partial charge in [0.15, 0.2) is 0 Å². The van der Waals surface area contributed by atoms with Crippen LogP contribution in [0.25, 0.3) is 16.6 Å². The van der Waals surface area contributed by atoms with E-state index < -0.39 is 5.82 Å². The van der Waals surface area contributed by atoms with Crippen LogP contribution in [0.3, 0.4) is 0 Å². The Hall–Kier alpha value is -4.00. The molecule has 0 aliphatic rings. The molecule has 0 bridgehead atoms. The number of rotatable bonds is 6. The molecule has 3 aromatic carbocycles. The second-order valence-electron chi connectivity index (χ2n) is 7.38. The van der Waals surface area contributed by atoms with Gasteiger partial charge in [-0.15, -0.1) is 0 Å². The first-order valence-electron chi connectivity index (χ1n) is 10.2. The topological polar surface area (TPSA) is 73.2 Å². The van der Waals surface area contributed by atoms with Gasteiger partial charge in [0.1, 0.15) is 17.4 Å². The quantitative estimate of drug-likeness (QED) is 0.491. The van der Waals surface area contributed by atoms with Crippen molar-refractivity contribution >= 4 is 22.5 Å². The number of aromatic nitrogens is 2. The maximum atomic E-state index is 14.4. The standard InChI is InChI=1S/C25H22FN3O3/c1-16-27-22-6-4-3-5-20(22)25(31)29(16)18-10-13-21(26)23(15-18)28-24(30)14-9-17-7-11-19(32-2)12-8-17/h3-8,10-13,15H,9,14H2,1-2H3,(H,28,30). The van der Waals surface area contributed by atoms with Crippen LogP contribution in [0.15, 0.2) is 71.5 Å². The minimum absolute atomic E-state index is 0.0155. The van der Waals surface area contributed by atoms with Crippen molar-refractivity contribution in [1.29, 1.82) is 0 Å². The van der Waals surface area contributed by atoms with E-state index in [1.54, 1.807) is 32.2 Å². The van der Waals surface area contributed by atoms with Crippen molar-refractivity contribution in [3.8, 4) is 11.4 Å². The van der Waals surface area contributed by atoms with Crippen LogP contribution in [0.2, 0.25) is 0 Å². The molecule has 0 atom stereocenters. The van der Waals surface area contributed by atoms with E-state index >= 15 is 0 Å². The van der Waals surface area contributed by atoms with Crippen LogP contribution in [-0.2, 0) is 11.2 Å². The van der Waals surface area contributed by atoms with E-state index in [-0.39, 0.29) is 23.6 Å². The Morgan fingerprint density at radius 2 is 1.84 bits per heavy atom. The van der Waals surface area contributed by atoms with E-state index in [1.165, 1.54) is 22.8 Å². The summed E-state index contributed by atoms with van der Waals surface area (Å²) in [5.74, 6) is 0.312. The molecule has 4 rings (SSSR count). The van der Waals surface area contributed by atoms with Crippen LogP contribution in [0.4, 0.5) is 10.1 Å². The number of methoxy groups -OCH3 is 1. The maximum absolute atomic E-state index is 14.4. The highest BCUT2D eigenvalue weighted by Gasteiger charge is 2.13. The highest BCUT2D eigenvalue weighted by Crippen LogP contribution is 2.21. The number of ether oxygens (including phenoxy) is 1. The van der Waals surface area contributed by atoms with Gasteiger partial charge in [0.2, 0.25) is 5.91 Å². The molecular weight excluding hydrogens is 409 g/mol. The summed E-state index contributed by atoms with van der Waals surface area (Å²) in [6.45, 7) is 1.71.